The van der Waals surface area contributed by atoms with Crippen molar-refractivity contribution in [2.45, 2.75) is 85.2 Å². The Kier molecular flexibility index (Phi) is 8.79. The highest BCUT2D eigenvalue weighted by molar-refractivity contribution is 4.84. The molecule has 1 N–H and O–H groups in total. The number of nitrogens with zero attached hydrogens (tertiary/aromatic N) is 1. The lowest BCUT2D eigenvalue weighted by atomic mass is 10.0. The molecule has 1 rings (SSSR count). The van der Waals surface area contributed by atoms with Gasteiger partial charge in [-0.2, -0.15) is 0 Å². The summed E-state index contributed by atoms with van der Waals surface area (Å²) in [4.78, 5) is 2.85. The molecule has 1 saturated carbocycles. The van der Waals surface area contributed by atoms with Crippen LogP contribution < -0.4 is 5.32 Å². The van der Waals surface area contributed by atoms with E-state index in [1.807, 2.05) is 0 Å². The van der Waals surface area contributed by atoms with Crippen LogP contribution >= 0.6 is 0 Å². The second kappa shape index (κ2) is 9.78. The van der Waals surface area contributed by atoms with Crippen molar-refractivity contribution in [3.8, 4) is 0 Å². The minimum Gasteiger partial charge on any atom is -0.315 e. The van der Waals surface area contributed by atoms with E-state index in [-0.39, 0.29) is 0 Å². The van der Waals surface area contributed by atoms with Crippen molar-refractivity contribution in [2.75, 3.05) is 19.6 Å². The third kappa shape index (κ3) is 6.58. The Labute approximate surface area is 127 Å². The van der Waals surface area contributed by atoms with E-state index >= 15 is 0 Å². The number of hydrogen-bond acceptors (Lipinski definition) is 2. The Morgan fingerprint density at radius 1 is 1.00 bits per heavy atom. The highest BCUT2D eigenvalue weighted by Crippen LogP contribution is 2.26. The van der Waals surface area contributed by atoms with E-state index in [0.717, 1.165) is 30.5 Å². The summed E-state index contributed by atoms with van der Waals surface area (Å²) in [5, 5.41) is 3.69. The van der Waals surface area contributed by atoms with E-state index in [0.29, 0.717) is 0 Å². The van der Waals surface area contributed by atoms with Crippen molar-refractivity contribution in [1.29, 1.82) is 0 Å². The maximum absolute atomic E-state index is 3.69. The van der Waals surface area contributed by atoms with Gasteiger partial charge in [-0.3, -0.25) is 4.90 Å². The zero-order chi connectivity index (χ0) is 15.0. The smallest absolute Gasteiger partial charge is 0.0220 e. The highest BCUT2D eigenvalue weighted by atomic mass is 15.2. The largest absolute Gasteiger partial charge is 0.315 e. The van der Waals surface area contributed by atoms with Gasteiger partial charge < -0.3 is 5.32 Å². The van der Waals surface area contributed by atoms with Crippen molar-refractivity contribution in [1.82, 2.24) is 10.2 Å². The minimum absolute atomic E-state index is 0.732. The second-order valence-corrected chi connectivity index (χ2v) is 7.47. The van der Waals surface area contributed by atoms with E-state index in [1.165, 1.54) is 51.6 Å². The molecular formula is C18H38N2. The van der Waals surface area contributed by atoms with E-state index in [1.54, 1.807) is 0 Å². The van der Waals surface area contributed by atoms with Gasteiger partial charge in [0.1, 0.15) is 0 Å². The fourth-order valence-electron chi connectivity index (χ4n) is 3.34. The van der Waals surface area contributed by atoms with Gasteiger partial charge in [-0.15, -0.1) is 0 Å². The third-order valence-electron chi connectivity index (χ3n) is 4.63. The lowest BCUT2D eigenvalue weighted by molar-refractivity contribution is 0.121. The van der Waals surface area contributed by atoms with Crippen molar-refractivity contribution in [3.05, 3.63) is 0 Å². The van der Waals surface area contributed by atoms with Gasteiger partial charge in [-0.25, -0.2) is 0 Å². The molecule has 20 heavy (non-hydrogen) atoms. The third-order valence-corrected chi connectivity index (χ3v) is 4.63. The Hall–Kier alpha value is -0.0800. The van der Waals surface area contributed by atoms with Crippen LogP contribution in [-0.4, -0.2) is 36.6 Å². The summed E-state index contributed by atoms with van der Waals surface area (Å²) in [6, 6.07) is 1.59. The topological polar surface area (TPSA) is 15.3 Å². The van der Waals surface area contributed by atoms with E-state index in [2.05, 4.69) is 44.8 Å². The van der Waals surface area contributed by atoms with Gasteiger partial charge in [0, 0.05) is 18.6 Å². The molecule has 1 aliphatic carbocycles. The lowest BCUT2D eigenvalue weighted by Gasteiger charge is -2.37. The Morgan fingerprint density at radius 3 is 2.15 bits per heavy atom. The molecule has 2 heteroatoms. The normalized spacial score (nSPS) is 18.6. The average molecular weight is 283 g/mol. The molecule has 0 heterocycles. The van der Waals surface area contributed by atoms with Gasteiger partial charge in [0.15, 0.2) is 0 Å². The standard InChI is InChI=1S/C18H38N2/c1-6-17(14-19-13-16(4)5)20(12-11-15(2)3)18-9-7-8-10-18/h15-19H,6-14H2,1-5H3. The predicted octanol–water partition coefficient (Wildman–Crippen LogP) is 4.30. The van der Waals surface area contributed by atoms with Crippen LogP contribution in [0.25, 0.3) is 0 Å². The van der Waals surface area contributed by atoms with Crippen LogP contribution in [0.3, 0.4) is 0 Å². The molecule has 1 aliphatic rings. The molecule has 2 nitrogen and oxygen atoms in total. The fraction of sp³-hybridized carbons (Fsp3) is 1.00. The van der Waals surface area contributed by atoms with E-state index in [9.17, 15) is 0 Å². The Morgan fingerprint density at radius 2 is 1.65 bits per heavy atom. The summed E-state index contributed by atoms with van der Waals surface area (Å²) in [6.07, 6.45) is 8.37. The maximum Gasteiger partial charge on any atom is 0.0220 e. The second-order valence-electron chi connectivity index (χ2n) is 7.47. The van der Waals surface area contributed by atoms with E-state index in [4.69, 9.17) is 0 Å². The molecule has 120 valence electrons. The molecule has 0 aliphatic heterocycles. The van der Waals surface area contributed by atoms with Crippen LogP contribution in [0.4, 0.5) is 0 Å². The molecule has 0 aromatic rings. The fourth-order valence-corrected chi connectivity index (χ4v) is 3.34. The Balaban J connectivity index is 2.52. The average Bonchev–Trinajstić information content (AvgIpc) is 2.90. The summed E-state index contributed by atoms with van der Waals surface area (Å²) in [7, 11) is 0. The number of nitrogens with one attached hydrogen (secondary N) is 1. The number of hydrogen-bond donors (Lipinski definition) is 1. The molecular weight excluding hydrogens is 244 g/mol. The first kappa shape index (κ1) is 18.0. The van der Waals surface area contributed by atoms with Crippen LogP contribution in [0.1, 0.15) is 73.1 Å². The monoisotopic (exact) mass is 282 g/mol. The van der Waals surface area contributed by atoms with Gasteiger partial charge in [0.2, 0.25) is 0 Å². The van der Waals surface area contributed by atoms with Crippen LogP contribution in [0.15, 0.2) is 0 Å². The Bertz CT molecular complexity index is 232. The molecule has 0 aromatic heterocycles. The molecule has 0 amide bonds. The lowest BCUT2D eigenvalue weighted by Crippen LogP contribution is -2.48. The van der Waals surface area contributed by atoms with Gasteiger partial charge in [0.25, 0.3) is 0 Å². The molecule has 1 unspecified atom stereocenters. The quantitative estimate of drug-likeness (QED) is 0.642. The molecule has 0 aromatic carbocycles. The first-order valence-electron chi connectivity index (χ1n) is 9.01. The van der Waals surface area contributed by atoms with Crippen molar-refractivity contribution >= 4 is 0 Å². The van der Waals surface area contributed by atoms with Crippen molar-refractivity contribution in [3.63, 3.8) is 0 Å². The number of rotatable bonds is 10. The molecule has 0 saturated heterocycles. The first-order valence-corrected chi connectivity index (χ1v) is 9.01. The SMILES string of the molecule is CCC(CNCC(C)C)N(CCC(C)C)C1CCCC1. The molecule has 1 atom stereocenters. The van der Waals surface area contributed by atoms with Gasteiger partial charge in [-0.1, -0.05) is 47.5 Å². The van der Waals surface area contributed by atoms with Crippen LogP contribution in [0, 0.1) is 11.8 Å². The molecule has 0 spiro atoms. The van der Waals surface area contributed by atoms with Gasteiger partial charge in [-0.05, 0) is 50.6 Å². The zero-order valence-corrected chi connectivity index (χ0v) is 14.6. The van der Waals surface area contributed by atoms with Crippen LogP contribution in [-0.2, 0) is 0 Å². The predicted molar refractivity (Wildman–Crippen MR) is 90.2 cm³/mol. The summed E-state index contributed by atoms with van der Waals surface area (Å²) < 4.78 is 0. The summed E-state index contributed by atoms with van der Waals surface area (Å²) in [5.74, 6) is 1.57. The molecule has 0 bridgehead atoms. The van der Waals surface area contributed by atoms with Crippen LogP contribution in [0.5, 0.6) is 0 Å². The highest BCUT2D eigenvalue weighted by Gasteiger charge is 2.27. The first-order chi connectivity index (χ1) is 9.54. The summed E-state index contributed by atoms with van der Waals surface area (Å²) in [5.41, 5.74) is 0. The molecule has 1 fully saturated rings. The molecule has 0 radical (unpaired) electrons. The summed E-state index contributed by atoms with van der Waals surface area (Å²) >= 11 is 0. The minimum atomic E-state index is 0.732. The van der Waals surface area contributed by atoms with Crippen molar-refractivity contribution < 1.29 is 0 Å². The maximum atomic E-state index is 3.69. The van der Waals surface area contributed by atoms with E-state index < -0.39 is 0 Å². The zero-order valence-electron chi connectivity index (χ0n) is 14.6. The van der Waals surface area contributed by atoms with Gasteiger partial charge >= 0.3 is 0 Å². The van der Waals surface area contributed by atoms with Crippen molar-refractivity contribution in [2.24, 2.45) is 11.8 Å². The summed E-state index contributed by atoms with van der Waals surface area (Å²) in [6.45, 7) is 15.3. The van der Waals surface area contributed by atoms with Gasteiger partial charge in [0.05, 0.1) is 0 Å². The van der Waals surface area contributed by atoms with Crippen LogP contribution in [0.2, 0.25) is 0 Å².